The monoisotopic (exact) mass is 295 g/mol. The van der Waals surface area contributed by atoms with Gasteiger partial charge >= 0.3 is 5.97 Å². The van der Waals surface area contributed by atoms with Gasteiger partial charge in [0.1, 0.15) is 15.9 Å². The van der Waals surface area contributed by atoms with Crippen LogP contribution in [0.15, 0.2) is 0 Å². The van der Waals surface area contributed by atoms with E-state index in [1.165, 1.54) is 0 Å². The van der Waals surface area contributed by atoms with E-state index in [-0.39, 0.29) is 19.1 Å². The third kappa shape index (κ3) is 3.79. The van der Waals surface area contributed by atoms with Crippen molar-refractivity contribution >= 4 is 28.2 Å². The highest BCUT2D eigenvalue weighted by Crippen LogP contribution is 2.32. The highest BCUT2D eigenvalue weighted by molar-refractivity contribution is 7.18. The fourth-order valence-electron chi connectivity index (χ4n) is 1.58. The van der Waals surface area contributed by atoms with Gasteiger partial charge < -0.3 is 15.0 Å². The third-order valence-electron chi connectivity index (χ3n) is 2.43. The third-order valence-corrected chi connectivity index (χ3v) is 3.62. The Morgan fingerprint density at radius 1 is 1.45 bits per heavy atom. The van der Waals surface area contributed by atoms with E-state index < -0.39 is 5.97 Å². The number of nitrogens with one attached hydrogen (secondary N) is 1. The van der Waals surface area contributed by atoms with E-state index in [9.17, 15) is 9.59 Å². The van der Waals surface area contributed by atoms with E-state index in [2.05, 4.69) is 5.32 Å². The Morgan fingerprint density at radius 3 is 2.60 bits per heavy atom. The van der Waals surface area contributed by atoms with Crippen LogP contribution in [0.1, 0.15) is 27.7 Å². The van der Waals surface area contributed by atoms with E-state index in [1.807, 2.05) is 6.07 Å². The number of hydrogen-bond acceptors (Lipinski definition) is 6. The van der Waals surface area contributed by atoms with Crippen molar-refractivity contribution in [2.75, 3.05) is 32.6 Å². The molecule has 0 aromatic carbocycles. The van der Waals surface area contributed by atoms with Gasteiger partial charge in [0.05, 0.1) is 18.7 Å². The maximum atomic E-state index is 11.8. The first-order valence-electron chi connectivity index (χ1n) is 6.05. The van der Waals surface area contributed by atoms with Crippen LogP contribution in [-0.4, -0.2) is 44.0 Å². The number of amides is 1. The molecule has 0 spiro atoms. The second-order valence-corrected chi connectivity index (χ2v) is 5.40. The van der Waals surface area contributed by atoms with Gasteiger partial charge in [-0.25, -0.2) is 4.79 Å². The minimum atomic E-state index is -0.473. The van der Waals surface area contributed by atoms with Gasteiger partial charge in [-0.2, -0.15) is 5.26 Å². The molecular formula is C13H17N3O3S. The molecule has 0 saturated carbocycles. The van der Waals surface area contributed by atoms with Crippen LogP contribution in [0.4, 0.5) is 5.00 Å². The predicted molar refractivity (Wildman–Crippen MR) is 76.9 cm³/mol. The number of hydrogen-bond donors (Lipinski definition) is 1. The van der Waals surface area contributed by atoms with E-state index >= 15 is 0 Å². The van der Waals surface area contributed by atoms with Crippen LogP contribution >= 0.6 is 11.3 Å². The summed E-state index contributed by atoms with van der Waals surface area (Å²) in [4.78, 5) is 25.6. The molecule has 0 bridgehead atoms. The molecule has 1 amide bonds. The number of rotatable bonds is 5. The highest BCUT2D eigenvalue weighted by Gasteiger charge is 2.22. The Bertz CT molecular complexity index is 558. The molecule has 0 aliphatic heterocycles. The minimum absolute atomic E-state index is 0.205. The predicted octanol–water partition coefficient (Wildman–Crippen LogP) is 1.61. The van der Waals surface area contributed by atoms with E-state index in [0.29, 0.717) is 21.0 Å². The molecule has 108 valence electrons. The molecule has 0 saturated heterocycles. The first kappa shape index (κ1) is 16.1. The number of nitriles is 1. The lowest BCUT2D eigenvalue weighted by atomic mass is 10.2. The van der Waals surface area contributed by atoms with Crippen LogP contribution in [0.3, 0.4) is 0 Å². The summed E-state index contributed by atoms with van der Waals surface area (Å²) < 4.78 is 4.93. The number of anilines is 1. The molecular weight excluding hydrogens is 278 g/mol. The van der Waals surface area contributed by atoms with Crippen LogP contribution in [0.5, 0.6) is 0 Å². The normalized spacial score (nSPS) is 10.2. The van der Waals surface area contributed by atoms with Crippen LogP contribution in [0, 0.1) is 18.3 Å². The first-order valence-corrected chi connectivity index (χ1v) is 6.87. The van der Waals surface area contributed by atoms with Gasteiger partial charge in [0.15, 0.2) is 0 Å². The van der Waals surface area contributed by atoms with Crippen molar-refractivity contribution in [3.8, 4) is 6.07 Å². The van der Waals surface area contributed by atoms with Crippen LogP contribution < -0.4 is 5.32 Å². The van der Waals surface area contributed by atoms with E-state index in [0.717, 1.165) is 11.3 Å². The Balaban J connectivity index is 3.03. The molecule has 0 fully saturated rings. The summed E-state index contributed by atoms with van der Waals surface area (Å²) in [5, 5.41) is 12.2. The van der Waals surface area contributed by atoms with Gasteiger partial charge in [0.25, 0.3) is 0 Å². The molecule has 0 unspecified atom stereocenters. The van der Waals surface area contributed by atoms with Gasteiger partial charge in [-0.05, 0) is 33.5 Å². The summed E-state index contributed by atoms with van der Waals surface area (Å²) >= 11 is 1.07. The second-order valence-electron chi connectivity index (χ2n) is 4.38. The van der Waals surface area contributed by atoms with E-state index in [4.69, 9.17) is 10.00 Å². The molecule has 1 rings (SSSR count). The minimum Gasteiger partial charge on any atom is -0.462 e. The molecule has 1 N–H and O–H groups in total. The summed E-state index contributed by atoms with van der Waals surface area (Å²) in [5.74, 6) is -0.706. The smallest absolute Gasteiger partial charge is 0.348 e. The molecule has 0 atom stereocenters. The molecule has 6 nitrogen and oxygen atoms in total. The number of nitrogens with zero attached hydrogens (tertiary/aromatic N) is 2. The SMILES string of the molecule is CCOC(=O)c1sc(NC(=O)CN(C)C)c(C#N)c1C. The fraction of sp³-hybridized carbons (Fsp3) is 0.462. The fourth-order valence-corrected chi connectivity index (χ4v) is 2.65. The average Bonchev–Trinajstić information content (AvgIpc) is 2.64. The number of carbonyl (C=O) groups is 2. The topological polar surface area (TPSA) is 82.4 Å². The van der Waals surface area contributed by atoms with Crippen LogP contribution in [-0.2, 0) is 9.53 Å². The summed E-state index contributed by atoms with van der Waals surface area (Å²) in [7, 11) is 3.54. The molecule has 7 heteroatoms. The summed E-state index contributed by atoms with van der Waals surface area (Å²) in [6, 6.07) is 2.01. The Labute approximate surface area is 121 Å². The zero-order chi connectivity index (χ0) is 15.3. The molecule has 0 aliphatic carbocycles. The summed E-state index contributed by atoms with van der Waals surface area (Å²) in [5.41, 5.74) is 0.848. The molecule has 0 aliphatic rings. The lowest BCUT2D eigenvalue weighted by Crippen LogP contribution is -2.27. The van der Waals surface area contributed by atoms with Crippen LogP contribution in [0.25, 0.3) is 0 Å². The van der Waals surface area contributed by atoms with Gasteiger partial charge in [-0.1, -0.05) is 0 Å². The number of esters is 1. The highest BCUT2D eigenvalue weighted by atomic mass is 32.1. The van der Waals surface area contributed by atoms with Crippen LogP contribution in [0.2, 0.25) is 0 Å². The van der Waals surface area contributed by atoms with Crippen molar-refractivity contribution in [2.45, 2.75) is 13.8 Å². The van der Waals surface area contributed by atoms with Crippen molar-refractivity contribution < 1.29 is 14.3 Å². The van der Waals surface area contributed by atoms with Crippen molar-refractivity contribution in [2.24, 2.45) is 0 Å². The first-order chi connectivity index (χ1) is 9.40. The molecule has 20 heavy (non-hydrogen) atoms. The molecule has 1 heterocycles. The number of ether oxygens (including phenoxy) is 1. The van der Waals surface area contributed by atoms with Crippen molar-refractivity contribution in [3.05, 3.63) is 16.0 Å². The quantitative estimate of drug-likeness (QED) is 0.834. The number of thiophene rings is 1. The van der Waals surface area contributed by atoms with Crippen molar-refractivity contribution in [1.29, 1.82) is 5.26 Å². The van der Waals surface area contributed by atoms with Crippen molar-refractivity contribution in [3.63, 3.8) is 0 Å². The largest absolute Gasteiger partial charge is 0.462 e. The Morgan fingerprint density at radius 2 is 2.10 bits per heavy atom. The molecule has 1 aromatic heterocycles. The van der Waals surface area contributed by atoms with Gasteiger partial charge in [-0.15, -0.1) is 11.3 Å². The summed E-state index contributed by atoms with van der Waals surface area (Å²) in [6.45, 7) is 3.85. The zero-order valence-electron chi connectivity index (χ0n) is 11.9. The lowest BCUT2D eigenvalue weighted by Gasteiger charge is -2.08. The average molecular weight is 295 g/mol. The Kier molecular flexibility index (Phi) is 5.67. The maximum Gasteiger partial charge on any atom is 0.348 e. The lowest BCUT2D eigenvalue weighted by molar-refractivity contribution is -0.116. The van der Waals surface area contributed by atoms with Crippen molar-refractivity contribution in [1.82, 2.24) is 4.90 Å². The Hall–Kier alpha value is -1.91. The zero-order valence-corrected chi connectivity index (χ0v) is 12.8. The second kappa shape index (κ2) is 7.03. The number of carbonyl (C=O) groups excluding carboxylic acids is 2. The summed E-state index contributed by atoms with van der Waals surface area (Å²) in [6.07, 6.45) is 0. The van der Waals surface area contributed by atoms with Gasteiger partial charge in [0.2, 0.25) is 5.91 Å². The maximum absolute atomic E-state index is 11.8. The van der Waals surface area contributed by atoms with E-state index in [1.54, 1.807) is 32.8 Å². The van der Waals surface area contributed by atoms with Gasteiger partial charge in [-0.3, -0.25) is 4.79 Å². The molecule has 1 aromatic rings. The van der Waals surface area contributed by atoms with Gasteiger partial charge in [0, 0.05) is 0 Å². The molecule has 0 radical (unpaired) electrons. The standard InChI is InChI=1S/C13H17N3O3S/c1-5-19-13(18)11-8(2)9(6-14)12(20-11)15-10(17)7-16(3)4/h5,7H2,1-4H3,(H,15,17). The number of likely N-dealkylation sites (N-methyl/N-ethyl adjacent to an activating group) is 1.